The van der Waals surface area contributed by atoms with E-state index in [1.807, 2.05) is 12.1 Å². The van der Waals surface area contributed by atoms with E-state index in [0.29, 0.717) is 18.0 Å². The van der Waals surface area contributed by atoms with Crippen LogP contribution in [0.3, 0.4) is 0 Å². The van der Waals surface area contributed by atoms with E-state index in [2.05, 4.69) is 22.0 Å². The van der Waals surface area contributed by atoms with Gasteiger partial charge in [-0.1, -0.05) is 18.2 Å². The number of fused-ring (bicyclic) bond motifs is 3. The summed E-state index contributed by atoms with van der Waals surface area (Å²) in [6, 6.07) is 14.1. The number of para-hydroxylation sites is 1. The minimum absolute atomic E-state index is 0.169. The Morgan fingerprint density at radius 1 is 1.10 bits per heavy atom. The average molecular weight is 403 g/mol. The summed E-state index contributed by atoms with van der Waals surface area (Å²) in [6.07, 6.45) is 0.987. The highest BCUT2D eigenvalue weighted by molar-refractivity contribution is 6.22. The zero-order valence-corrected chi connectivity index (χ0v) is 16.6. The summed E-state index contributed by atoms with van der Waals surface area (Å²) < 4.78 is 5.02. The molecule has 0 bridgehead atoms. The van der Waals surface area contributed by atoms with Gasteiger partial charge in [0.15, 0.2) is 0 Å². The zero-order chi connectivity index (χ0) is 20.8. The van der Waals surface area contributed by atoms with Gasteiger partial charge in [0.2, 0.25) is 5.91 Å². The number of anilines is 1. The molecule has 0 spiro atoms. The molecule has 152 valence electrons. The van der Waals surface area contributed by atoms with E-state index in [1.54, 1.807) is 24.3 Å². The molecule has 2 amide bonds. The molecule has 3 heterocycles. The number of carbonyl (C=O) groups excluding carboxylic acids is 3. The van der Waals surface area contributed by atoms with E-state index in [4.69, 9.17) is 4.74 Å². The van der Waals surface area contributed by atoms with Gasteiger partial charge < -0.3 is 9.72 Å². The summed E-state index contributed by atoms with van der Waals surface area (Å²) in [5.41, 5.74) is 4.02. The molecule has 7 nitrogen and oxygen atoms in total. The molecule has 0 saturated carbocycles. The van der Waals surface area contributed by atoms with Crippen LogP contribution in [0.4, 0.5) is 5.69 Å². The summed E-state index contributed by atoms with van der Waals surface area (Å²) in [6.45, 7) is 2.69. The molecule has 30 heavy (non-hydrogen) atoms. The van der Waals surface area contributed by atoms with Gasteiger partial charge in [0.05, 0.1) is 18.2 Å². The molecule has 0 unspecified atom stereocenters. The van der Waals surface area contributed by atoms with Crippen molar-refractivity contribution in [1.82, 2.24) is 9.88 Å². The van der Waals surface area contributed by atoms with E-state index in [-0.39, 0.29) is 18.2 Å². The van der Waals surface area contributed by atoms with Crippen LogP contribution in [0.5, 0.6) is 5.75 Å². The summed E-state index contributed by atoms with van der Waals surface area (Å²) >= 11 is 0. The number of rotatable bonds is 3. The maximum atomic E-state index is 13.2. The van der Waals surface area contributed by atoms with Crippen molar-refractivity contribution in [3.8, 4) is 5.75 Å². The SMILES string of the molecule is CC(=O)Oc1ccc(N2C(=O)C[C@@H](N3CCc4[nH]c5ccccc5c4C3)C2=O)cc1. The van der Waals surface area contributed by atoms with Crippen molar-refractivity contribution in [2.24, 2.45) is 0 Å². The van der Waals surface area contributed by atoms with Gasteiger partial charge in [0.1, 0.15) is 5.75 Å². The summed E-state index contributed by atoms with van der Waals surface area (Å²) in [5.74, 6) is -0.457. The monoisotopic (exact) mass is 403 g/mol. The Hall–Kier alpha value is -3.45. The van der Waals surface area contributed by atoms with Crippen molar-refractivity contribution >= 4 is 34.4 Å². The van der Waals surface area contributed by atoms with Gasteiger partial charge in [-0.25, -0.2) is 4.90 Å². The van der Waals surface area contributed by atoms with Gasteiger partial charge >= 0.3 is 5.97 Å². The number of aromatic amines is 1. The Labute approximate surface area is 173 Å². The van der Waals surface area contributed by atoms with Crippen molar-refractivity contribution in [3.05, 3.63) is 59.8 Å². The molecule has 2 aliphatic heterocycles. The molecule has 1 atom stereocenters. The first kappa shape index (κ1) is 18.6. The highest BCUT2D eigenvalue weighted by atomic mass is 16.5. The van der Waals surface area contributed by atoms with Crippen LogP contribution in [0, 0.1) is 0 Å². The molecular weight excluding hydrogens is 382 g/mol. The Bertz CT molecular complexity index is 1160. The topological polar surface area (TPSA) is 82.7 Å². The van der Waals surface area contributed by atoms with Crippen LogP contribution >= 0.6 is 0 Å². The van der Waals surface area contributed by atoms with Crippen molar-refractivity contribution < 1.29 is 19.1 Å². The highest BCUT2D eigenvalue weighted by Gasteiger charge is 2.43. The third-order valence-corrected chi connectivity index (χ3v) is 5.83. The average Bonchev–Trinajstić information content (AvgIpc) is 3.25. The minimum Gasteiger partial charge on any atom is -0.427 e. The number of imide groups is 1. The van der Waals surface area contributed by atoms with Crippen LogP contribution in [0.2, 0.25) is 0 Å². The quantitative estimate of drug-likeness (QED) is 0.413. The van der Waals surface area contributed by atoms with Gasteiger partial charge in [0, 0.05) is 43.0 Å². The number of H-pyrrole nitrogens is 1. The van der Waals surface area contributed by atoms with Crippen molar-refractivity contribution in [2.75, 3.05) is 11.4 Å². The highest BCUT2D eigenvalue weighted by Crippen LogP contribution is 2.32. The molecule has 0 aliphatic carbocycles. The van der Waals surface area contributed by atoms with Gasteiger partial charge in [-0.05, 0) is 35.9 Å². The lowest BCUT2D eigenvalue weighted by atomic mass is 10.0. The first-order valence-corrected chi connectivity index (χ1v) is 9.99. The Morgan fingerprint density at radius 2 is 1.87 bits per heavy atom. The van der Waals surface area contributed by atoms with Crippen molar-refractivity contribution in [2.45, 2.75) is 32.4 Å². The van der Waals surface area contributed by atoms with Crippen LogP contribution in [0.1, 0.15) is 24.6 Å². The van der Waals surface area contributed by atoms with Crippen LogP contribution in [0.25, 0.3) is 10.9 Å². The standard InChI is InChI=1S/C23H21N3O4/c1-14(27)30-16-8-6-15(7-9-16)26-22(28)12-21(23(26)29)25-11-10-20-18(13-25)17-4-2-3-5-19(17)24-20/h2-9,21,24H,10-13H2,1H3/t21-/m1/s1. The number of aromatic nitrogens is 1. The second kappa shape index (κ2) is 7.11. The van der Waals surface area contributed by atoms with Crippen molar-refractivity contribution in [1.29, 1.82) is 0 Å². The molecule has 5 rings (SSSR count). The summed E-state index contributed by atoms with van der Waals surface area (Å²) in [7, 11) is 0. The fourth-order valence-electron chi connectivity index (χ4n) is 4.46. The van der Waals surface area contributed by atoms with E-state index < -0.39 is 12.0 Å². The molecule has 1 N–H and O–H groups in total. The van der Waals surface area contributed by atoms with Crippen LogP contribution < -0.4 is 9.64 Å². The van der Waals surface area contributed by atoms with Gasteiger partial charge in [-0.3, -0.25) is 19.3 Å². The van der Waals surface area contributed by atoms with E-state index in [0.717, 1.165) is 18.5 Å². The predicted octanol–water partition coefficient (Wildman–Crippen LogP) is 2.78. The maximum Gasteiger partial charge on any atom is 0.308 e. The molecule has 2 aromatic carbocycles. The fraction of sp³-hybridized carbons (Fsp3) is 0.261. The number of benzene rings is 2. The zero-order valence-electron chi connectivity index (χ0n) is 16.6. The lowest BCUT2D eigenvalue weighted by molar-refractivity contribution is -0.132. The molecule has 1 saturated heterocycles. The number of carbonyl (C=O) groups is 3. The van der Waals surface area contributed by atoms with E-state index in [1.165, 1.54) is 28.5 Å². The number of ether oxygens (including phenoxy) is 1. The summed E-state index contributed by atoms with van der Waals surface area (Å²) in [4.78, 5) is 43.8. The molecule has 0 radical (unpaired) electrons. The van der Waals surface area contributed by atoms with Crippen LogP contribution in [-0.4, -0.2) is 40.3 Å². The molecule has 1 fully saturated rings. The van der Waals surface area contributed by atoms with Crippen LogP contribution in [-0.2, 0) is 27.3 Å². The lowest BCUT2D eigenvalue weighted by Crippen LogP contribution is -2.44. The van der Waals surface area contributed by atoms with Gasteiger partial charge in [0.25, 0.3) is 5.91 Å². The molecule has 7 heteroatoms. The first-order valence-electron chi connectivity index (χ1n) is 9.99. The Morgan fingerprint density at radius 3 is 2.63 bits per heavy atom. The molecule has 2 aliphatic rings. The third-order valence-electron chi connectivity index (χ3n) is 5.83. The number of nitrogens with one attached hydrogen (secondary N) is 1. The second-order valence-corrected chi connectivity index (χ2v) is 7.72. The van der Waals surface area contributed by atoms with Gasteiger partial charge in [-0.2, -0.15) is 0 Å². The third kappa shape index (κ3) is 3.07. The minimum atomic E-state index is -0.465. The van der Waals surface area contributed by atoms with E-state index in [9.17, 15) is 14.4 Å². The molecular formula is C23H21N3O4. The number of nitrogens with zero attached hydrogens (tertiary/aromatic N) is 2. The number of esters is 1. The normalized spacial score (nSPS) is 19.4. The lowest BCUT2D eigenvalue weighted by Gasteiger charge is -2.31. The first-order chi connectivity index (χ1) is 14.5. The molecule has 3 aromatic rings. The number of amides is 2. The smallest absolute Gasteiger partial charge is 0.308 e. The summed E-state index contributed by atoms with van der Waals surface area (Å²) in [5, 5.41) is 1.17. The maximum absolute atomic E-state index is 13.2. The van der Waals surface area contributed by atoms with Crippen molar-refractivity contribution in [3.63, 3.8) is 0 Å². The fourth-order valence-corrected chi connectivity index (χ4v) is 4.46. The number of hydrogen-bond donors (Lipinski definition) is 1. The Kier molecular flexibility index (Phi) is 4.40. The van der Waals surface area contributed by atoms with Gasteiger partial charge in [-0.15, -0.1) is 0 Å². The predicted molar refractivity (Wildman–Crippen MR) is 111 cm³/mol. The molecule has 1 aromatic heterocycles. The van der Waals surface area contributed by atoms with E-state index >= 15 is 0 Å². The second-order valence-electron chi connectivity index (χ2n) is 7.72. The largest absolute Gasteiger partial charge is 0.427 e. The number of hydrogen-bond acceptors (Lipinski definition) is 5. The van der Waals surface area contributed by atoms with Crippen LogP contribution in [0.15, 0.2) is 48.5 Å². The Balaban J connectivity index is 1.37.